The van der Waals surface area contributed by atoms with Gasteiger partial charge in [-0.05, 0) is 24.6 Å². The Morgan fingerprint density at radius 2 is 1.73 bits per heavy atom. The maximum absolute atomic E-state index is 12.7. The molecule has 0 radical (unpaired) electrons. The summed E-state index contributed by atoms with van der Waals surface area (Å²) >= 11 is 0. The van der Waals surface area contributed by atoms with E-state index in [1.54, 1.807) is 39.0 Å². The lowest BCUT2D eigenvalue weighted by Crippen LogP contribution is -2.32. The lowest BCUT2D eigenvalue weighted by atomic mass is 10.0. The van der Waals surface area contributed by atoms with Crippen molar-refractivity contribution in [2.45, 2.75) is 33.4 Å². The summed E-state index contributed by atoms with van der Waals surface area (Å²) in [6, 6.07) is 14.8. The third-order valence-corrected chi connectivity index (χ3v) is 5.05. The molecule has 0 aliphatic heterocycles. The number of amides is 1. The number of carboxylic acids is 1. The molecule has 7 nitrogen and oxygen atoms in total. The van der Waals surface area contributed by atoms with E-state index in [2.05, 4.69) is 0 Å². The monoisotopic (exact) mass is 408 g/mol. The number of hydrogen-bond donors (Lipinski definition) is 2. The Bertz CT molecular complexity index is 1120. The number of benzene rings is 2. The third-order valence-electron chi connectivity index (χ3n) is 5.05. The van der Waals surface area contributed by atoms with Gasteiger partial charge in [-0.3, -0.25) is 9.59 Å². The van der Waals surface area contributed by atoms with Crippen LogP contribution in [0.4, 0.5) is 0 Å². The number of aliphatic carboxylic acids is 1. The van der Waals surface area contributed by atoms with Gasteiger partial charge in [0.15, 0.2) is 6.10 Å². The first-order valence-corrected chi connectivity index (χ1v) is 9.61. The SMILES string of the molecule is Cc1c(C(=O)C(N)=O)c2c(OC(C(=O)O)C(C)C)cccc2n1Cc1ccccc1. The Morgan fingerprint density at radius 3 is 2.30 bits per heavy atom. The minimum atomic E-state index is -1.11. The zero-order chi connectivity index (χ0) is 22.0. The number of carbonyl (C=O) groups excluding carboxylic acids is 2. The van der Waals surface area contributed by atoms with Gasteiger partial charge < -0.3 is 20.1 Å². The standard InChI is InChI=1S/C23H24N2O5/c1-13(2)21(23(28)29)30-17-11-7-10-16-19(17)18(20(26)22(24)27)14(3)25(16)12-15-8-5-4-6-9-15/h4-11,13,21H,12H2,1-3H3,(H2,24,27)(H,28,29). The molecule has 3 aromatic rings. The van der Waals surface area contributed by atoms with Crippen LogP contribution in [0.5, 0.6) is 5.75 Å². The molecule has 0 bridgehead atoms. The summed E-state index contributed by atoms with van der Waals surface area (Å²) in [6.07, 6.45) is -1.11. The number of fused-ring (bicyclic) bond motifs is 1. The molecule has 0 fully saturated rings. The number of aromatic nitrogens is 1. The molecular formula is C23H24N2O5. The smallest absolute Gasteiger partial charge is 0.345 e. The lowest BCUT2D eigenvalue weighted by molar-refractivity contribution is -0.147. The number of ether oxygens (including phenoxy) is 1. The number of nitrogens with zero attached hydrogens (tertiary/aromatic N) is 1. The van der Waals surface area contributed by atoms with E-state index in [0.29, 0.717) is 23.1 Å². The average Bonchev–Trinajstić information content (AvgIpc) is 2.98. The number of rotatable bonds is 8. The highest BCUT2D eigenvalue weighted by atomic mass is 16.5. The minimum Gasteiger partial charge on any atom is -0.478 e. The van der Waals surface area contributed by atoms with Crippen molar-refractivity contribution in [2.75, 3.05) is 0 Å². The average molecular weight is 408 g/mol. The predicted octanol–water partition coefficient (Wildman–Crippen LogP) is 3.15. The number of Topliss-reactive ketones (excluding diaryl/α,β-unsaturated/α-hetero) is 1. The second-order valence-corrected chi connectivity index (χ2v) is 7.50. The van der Waals surface area contributed by atoms with Crippen molar-refractivity contribution in [3.05, 3.63) is 65.4 Å². The number of carbonyl (C=O) groups is 3. The topological polar surface area (TPSA) is 112 Å². The highest BCUT2D eigenvalue weighted by molar-refractivity contribution is 6.45. The predicted molar refractivity (Wildman–Crippen MR) is 113 cm³/mol. The first-order chi connectivity index (χ1) is 14.2. The molecule has 0 saturated heterocycles. The van der Waals surface area contributed by atoms with E-state index in [-0.39, 0.29) is 17.2 Å². The largest absolute Gasteiger partial charge is 0.478 e. The molecule has 30 heavy (non-hydrogen) atoms. The molecule has 1 aromatic heterocycles. The van der Waals surface area contributed by atoms with Gasteiger partial charge in [-0.1, -0.05) is 50.2 Å². The van der Waals surface area contributed by atoms with Crippen molar-refractivity contribution in [3.63, 3.8) is 0 Å². The molecule has 0 saturated carbocycles. The van der Waals surface area contributed by atoms with E-state index < -0.39 is 23.8 Å². The molecule has 1 atom stereocenters. The van der Waals surface area contributed by atoms with Gasteiger partial charge in [0, 0.05) is 18.2 Å². The quantitative estimate of drug-likeness (QED) is 0.439. The summed E-state index contributed by atoms with van der Waals surface area (Å²) in [5.41, 5.74) is 7.67. The molecule has 0 aliphatic rings. The Balaban J connectivity index is 2.24. The molecule has 0 aliphatic carbocycles. The second kappa shape index (κ2) is 8.41. The van der Waals surface area contributed by atoms with Gasteiger partial charge in [0.1, 0.15) is 5.75 Å². The molecule has 3 N–H and O–H groups in total. The maximum atomic E-state index is 12.7. The van der Waals surface area contributed by atoms with Crippen LogP contribution in [-0.2, 0) is 16.1 Å². The fraction of sp³-hybridized carbons (Fsp3) is 0.261. The van der Waals surface area contributed by atoms with E-state index in [1.807, 2.05) is 34.9 Å². The summed E-state index contributed by atoms with van der Waals surface area (Å²) in [7, 11) is 0. The Morgan fingerprint density at radius 1 is 1.07 bits per heavy atom. The number of carboxylic acid groups (broad SMARTS) is 1. The van der Waals surface area contributed by atoms with Gasteiger partial charge in [0.25, 0.3) is 11.7 Å². The van der Waals surface area contributed by atoms with Crippen LogP contribution in [-0.4, -0.2) is 33.4 Å². The second-order valence-electron chi connectivity index (χ2n) is 7.50. The molecular weight excluding hydrogens is 384 g/mol. The number of primary amides is 1. The molecule has 0 spiro atoms. The van der Waals surface area contributed by atoms with Crippen LogP contribution in [0.2, 0.25) is 0 Å². The molecule has 3 rings (SSSR count). The van der Waals surface area contributed by atoms with Gasteiger partial charge in [-0.15, -0.1) is 0 Å². The van der Waals surface area contributed by atoms with E-state index in [4.69, 9.17) is 10.5 Å². The summed E-state index contributed by atoms with van der Waals surface area (Å²) in [5.74, 6) is -3.10. The molecule has 1 unspecified atom stereocenters. The fourth-order valence-corrected chi connectivity index (χ4v) is 3.57. The van der Waals surface area contributed by atoms with Gasteiger partial charge in [-0.2, -0.15) is 0 Å². The van der Waals surface area contributed by atoms with Gasteiger partial charge >= 0.3 is 5.97 Å². The van der Waals surface area contributed by atoms with Crippen molar-refractivity contribution in [1.29, 1.82) is 0 Å². The van der Waals surface area contributed by atoms with Crippen molar-refractivity contribution in [2.24, 2.45) is 11.7 Å². The van der Waals surface area contributed by atoms with Crippen molar-refractivity contribution >= 4 is 28.6 Å². The third kappa shape index (κ3) is 3.91. The zero-order valence-corrected chi connectivity index (χ0v) is 17.1. The van der Waals surface area contributed by atoms with Crippen molar-refractivity contribution in [3.8, 4) is 5.75 Å². The summed E-state index contributed by atoms with van der Waals surface area (Å²) in [4.78, 5) is 36.1. The van der Waals surface area contributed by atoms with Crippen LogP contribution in [0.1, 0.15) is 35.5 Å². The first-order valence-electron chi connectivity index (χ1n) is 9.61. The summed E-state index contributed by atoms with van der Waals surface area (Å²) in [6.45, 7) is 5.67. The van der Waals surface area contributed by atoms with Crippen LogP contribution < -0.4 is 10.5 Å². The molecule has 1 heterocycles. The molecule has 156 valence electrons. The van der Waals surface area contributed by atoms with Crippen molar-refractivity contribution in [1.82, 2.24) is 4.57 Å². The normalized spacial score (nSPS) is 12.1. The highest BCUT2D eigenvalue weighted by Crippen LogP contribution is 2.35. The van der Waals surface area contributed by atoms with E-state index in [9.17, 15) is 19.5 Å². The summed E-state index contributed by atoms with van der Waals surface area (Å²) < 4.78 is 7.72. The van der Waals surface area contributed by atoms with Crippen LogP contribution in [0.25, 0.3) is 10.9 Å². The fourth-order valence-electron chi connectivity index (χ4n) is 3.57. The van der Waals surface area contributed by atoms with Gasteiger partial charge in [0.05, 0.1) is 16.5 Å². The summed E-state index contributed by atoms with van der Waals surface area (Å²) in [5, 5.41) is 9.92. The van der Waals surface area contributed by atoms with E-state index in [0.717, 1.165) is 5.56 Å². The maximum Gasteiger partial charge on any atom is 0.345 e. The van der Waals surface area contributed by atoms with Crippen LogP contribution >= 0.6 is 0 Å². The van der Waals surface area contributed by atoms with Crippen LogP contribution in [0.3, 0.4) is 0 Å². The van der Waals surface area contributed by atoms with Crippen LogP contribution in [0.15, 0.2) is 48.5 Å². The Labute approximate surface area is 174 Å². The number of nitrogens with two attached hydrogens (primary N) is 1. The number of hydrogen-bond acceptors (Lipinski definition) is 4. The van der Waals surface area contributed by atoms with Gasteiger partial charge in [-0.25, -0.2) is 4.79 Å². The van der Waals surface area contributed by atoms with Gasteiger partial charge in [0.2, 0.25) is 0 Å². The Kier molecular flexibility index (Phi) is 5.91. The first kappa shape index (κ1) is 21.1. The van der Waals surface area contributed by atoms with E-state index >= 15 is 0 Å². The minimum absolute atomic E-state index is 0.136. The Hall–Kier alpha value is -3.61. The lowest BCUT2D eigenvalue weighted by Gasteiger charge is -2.19. The zero-order valence-electron chi connectivity index (χ0n) is 17.1. The molecule has 7 heteroatoms. The number of ketones is 1. The molecule has 2 aromatic carbocycles. The van der Waals surface area contributed by atoms with E-state index in [1.165, 1.54) is 0 Å². The molecule has 1 amide bonds. The van der Waals surface area contributed by atoms with Crippen molar-refractivity contribution < 1.29 is 24.2 Å². The highest BCUT2D eigenvalue weighted by Gasteiger charge is 2.29. The van der Waals surface area contributed by atoms with Crippen LogP contribution in [0, 0.1) is 12.8 Å².